The molecule has 1 atom stereocenters. The Kier molecular flexibility index (Phi) is 7.29. The van der Waals surface area contributed by atoms with E-state index >= 15 is 0 Å². The summed E-state index contributed by atoms with van der Waals surface area (Å²) >= 11 is 4.85. The number of rotatable bonds is 6. The highest BCUT2D eigenvalue weighted by molar-refractivity contribution is 9.10. The molecular weight excluding hydrogens is 501 g/mol. The number of ether oxygens (including phenoxy) is 2. The first-order valence-corrected chi connectivity index (χ1v) is 11.9. The molecule has 0 saturated carbocycles. The first-order chi connectivity index (χ1) is 15.5. The molecule has 1 saturated heterocycles. The molecule has 2 aliphatic rings. The molecule has 1 N–H and O–H groups in total. The summed E-state index contributed by atoms with van der Waals surface area (Å²) in [5.41, 5.74) is 1.74. The fraction of sp³-hybridized carbons (Fsp3) is 0.429. The van der Waals surface area contributed by atoms with Crippen LogP contribution in [0.4, 0.5) is 4.39 Å². The van der Waals surface area contributed by atoms with Crippen molar-refractivity contribution in [2.75, 3.05) is 39.5 Å². The van der Waals surface area contributed by atoms with Gasteiger partial charge in [0.1, 0.15) is 16.9 Å². The van der Waals surface area contributed by atoms with Gasteiger partial charge in [0, 0.05) is 29.8 Å². The van der Waals surface area contributed by atoms with E-state index in [2.05, 4.69) is 36.3 Å². The molecule has 0 spiro atoms. The number of hydrogen-bond donors (Lipinski definition) is 1. The highest BCUT2D eigenvalue weighted by Crippen LogP contribution is 2.37. The molecular formula is C21H23BrFN5O3S. The van der Waals surface area contributed by atoms with Gasteiger partial charge in [0.15, 0.2) is 10.8 Å². The maximum absolute atomic E-state index is 13.8. The molecule has 170 valence electrons. The Balaban J connectivity index is 1.82. The Morgan fingerprint density at radius 2 is 2.16 bits per heavy atom. The van der Waals surface area contributed by atoms with E-state index in [0.29, 0.717) is 51.9 Å². The van der Waals surface area contributed by atoms with Crippen molar-refractivity contribution in [1.82, 2.24) is 20.4 Å². The van der Waals surface area contributed by atoms with E-state index in [0.717, 1.165) is 18.1 Å². The first kappa shape index (κ1) is 23.0. The molecule has 2 aliphatic heterocycles. The number of nitrogens with zero attached hydrogens (tertiary/aromatic N) is 4. The molecule has 32 heavy (non-hydrogen) atoms. The molecule has 11 heteroatoms. The largest absolute Gasteiger partial charge is 0.463 e. The predicted molar refractivity (Wildman–Crippen MR) is 122 cm³/mol. The number of benzene rings is 1. The van der Waals surface area contributed by atoms with Gasteiger partial charge in [0.2, 0.25) is 0 Å². The summed E-state index contributed by atoms with van der Waals surface area (Å²) in [6.07, 6.45) is 0. The number of morpholine rings is 1. The molecule has 4 rings (SSSR count). The third-order valence-electron chi connectivity index (χ3n) is 5.09. The third kappa shape index (κ3) is 5.06. The minimum atomic E-state index is -0.694. The van der Waals surface area contributed by atoms with E-state index in [9.17, 15) is 9.18 Å². The number of aliphatic imine (C=N–C) groups is 1. The van der Waals surface area contributed by atoms with Crippen LogP contribution in [0.15, 0.2) is 38.9 Å². The molecule has 2 aromatic rings. The van der Waals surface area contributed by atoms with Gasteiger partial charge < -0.3 is 14.8 Å². The lowest BCUT2D eigenvalue weighted by atomic mass is 9.95. The molecule has 0 aliphatic carbocycles. The molecule has 0 bridgehead atoms. The van der Waals surface area contributed by atoms with Crippen molar-refractivity contribution in [3.63, 3.8) is 0 Å². The van der Waals surface area contributed by atoms with Crippen LogP contribution in [0.1, 0.15) is 28.5 Å². The average molecular weight is 524 g/mol. The van der Waals surface area contributed by atoms with Crippen molar-refractivity contribution in [3.8, 4) is 0 Å². The van der Waals surface area contributed by atoms with Crippen molar-refractivity contribution in [3.05, 3.63) is 55.3 Å². The normalized spacial score (nSPS) is 19.5. The fourth-order valence-corrected chi connectivity index (χ4v) is 4.81. The summed E-state index contributed by atoms with van der Waals surface area (Å²) in [5, 5.41) is 13.1. The van der Waals surface area contributed by atoms with Crippen LogP contribution in [0.5, 0.6) is 0 Å². The van der Waals surface area contributed by atoms with Gasteiger partial charge in [-0.25, -0.2) is 9.18 Å². The SMILES string of the molecule is CCOC(=O)C1=C(CN2CCOCC2)NC(c2nnc(C)s2)=NC1c1ccc(F)cc1Br. The van der Waals surface area contributed by atoms with E-state index < -0.39 is 12.0 Å². The van der Waals surface area contributed by atoms with Gasteiger partial charge in [-0.1, -0.05) is 33.3 Å². The Labute approximate surface area is 197 Å². The van der Waals surface area contributed by atoms with Crippen molar-refractivity contribution >= 4 is 39.1 Å². The van der Waals surface area contributed by atoms with E-state index in [1.54, 1.807) is 13.0 Å². The molecule has 1 aromatic heterocycles. The zero-order valence-corrected chi connectivity index (χ0v) is 20.1. The van der Waals surface area contributed by atoms with E-state index in [1.165, 1.54) is 23.5 Å². The van der Waals surface area contributed by atoms with Crippen molar-refractivity contribution < 1.29 is 18.7 Å². The summed E-state index contributed by atoms with van der Waals surface area (Å²) < 4.78 is 25.2. The molecule has 0 amide bonds. The van der Waals surface area contributed by atoms with Gasteiger partial charge in [-0.05, 0) is 31.5 Å². The summed E-state index contributed by atoms with van der Waals surface area (Å²) in [4.78, 5) is 20.1. The minimum absolute atomic E-state index is 0.233. The molecule has 8 nitrogen and oxygen atoms in total. The van der Waals surface area contributed by atoms with Crippen LogP contribution in [0.2, 0.25) is 0 Å². The number of nitrogens with one attached hydrogen (secondary N) is 1. The zero-order valence-electron chi connectivity index (χ0n) is 17.7. The van der Waals surface area contributed by atoms with Crippen LogP contribution in [0, 0.1) is 12.7 Å². The molecule has 1 fully saturated rings. The van der Waals surface area contributed by atoms with Gasteiger partial charge >= 0.3 is 5.97 Å². The maximum Gasteiger partial charge on any atom is 0.338 e. The number of hydrogen-bond acceptors (Lipinski definition) is 9. The number of aryl methyl sites for hydroxylation is 1. The number of halogens is 2. The van der Waals surface area contributed by atoms with Crippen LogP contribution in [-0.2, 0) is 14.3 Å². The smallest absolute Gasteiger partial charge is 0.338 e. The van der Waals surface area contributed by atoms with Crippen LogP contribution in [0.25, 0.3) is 0 Å². The Morgan fingerprint density at radius 3 is 2.81 bits per heavy atom. The first-order valence-electron chi connectivity index (χ1n) is 10.3. The zero-order chi connectivity index (χ0) is 22.7. The van der Waals surface area contributed by atoms with Crippen LogP contribution in [0.3, 0.4) is 0 Å². The summed E-state index contributed by atoms with van der Waals surface area (Å²) in [6.45, 7) is 7.11. The summed E-state index contributed by atoms with van der Waals surface area (Å²) in [5.74, 6) is -0.317. The molecule has 3 heterocycles. The van der Waals surface area contributed by atoms with Gasteiger partial charge in [-0.3, -0.25) is 9.89 Å². The van der Waals surface area contributed by atoms with Crippen LogP contribution in [-0.4, -0.2) is 66.4 Å². The number of carbonyl (C=O) groups excluding carboxylic acids is 1. The van der Waals surface area contributed by atoms with Gasteiger partial charge in [0.25, 0.3) is 0 Å². The number of esters is 1. The lowest BCUT2D eigenvalue weighted by molar-refractivity contribution is -0.139. The standard InChI is InChI=1S/C21H23BrFN5O3S/c1-3-31-21(29)17-16(11-28-6-8-30-9-7-28)24-19(20-27-26-12(2)32-20)25-18(17)14-5-4-13(23)10-15(14)22/h4-5,10,18H,3,6-9,11H2,1-2H3,(H,24,25). The van der Waals surface area contributed by atoms with E-state index in [-0.39, 0.29) is 12.4 Å². The molecule has 1 unspecified atom stereocenters. The number of aromatic nitrogens is 2. The van der Waals surface area contributed by atoms with E-state index in [4.69, 9.17) is 14.5 Å². The fourth-order valence-electron chi connectivity index (χ4n) is 3.60. The summed E-state index contributed by atoms with van der Waals surface area (Å²) in [7, 11) is 0. The van der Waals surface area contributed by atoms with Crippen molar-refractivity contribution in [2.45, 2.75) is 19.9 Å². The topological polar surface area (TPSA) is 88.9 Å². The van der Waals surface area contributed by atoms with E-state index in [1.807, 2.05) is 6.92 Å². The summed E-state index contributed by atoms with van der Waals surface area (Å²) in [6, 6.07) is 3.66. The predicted octanol–water partition coefficient (Wildman–Crippen LogP) is 2.99. The molecule has 0 radical (unpaired) electrons. The second-order valence-corrected chi connectivity index (χ2v) is 9.33. The molecule has 1 aromatic carbocycles. The quantitative estimate of drug-likeness (QED) is 0.582. The minimum Gasteiger partial charge on any atom is -0.463 e. The van der Waals surface area contributed by atoms with Gasteiger partial charge in [-0.2, -0.15) is 0 Å². The highest BCUT2D eigenvalue weighted by atomic mass is 79.9. The third-order valence-corrected chi connectivity index (χ3v) is 6.62. The Bertz CT molecular complexity index is 1070. The van der Waals surface area contributed by atoms with Gasteiger partial charge in [0.05, 0.1) is 25.4 Å². The monoisotopic (exact) mass is 523 g/mol. The van der Waals surface area contributed by atoms with Gasteiger partial charge in [-0.15, -0.1) is 10.2 Å². The lowest BCUT2D eigenvalue weighted by Crippen LogP contribution is -2.43. The Hall–Kier alpha value is -2.21. The lowest BCUT2D eigenvalue weighted by Gasteiger charge is -2.32. The van der Waals surface area contributed by atoms with Crippen molar-refractivity contribution in [1.29, 1.82) is 0 Å². The second kappa shape index (κ2) is 10.2. The van der Waals surface area contributed by atoms with Crippen molar-refractivity contribution in [2.24, 2.45) is 4.99 Å². The van der Waals surface area contributed by atoms with Crippen LogP contribution < -0.4 is 5.32 Å². The second-order valence-electron chi connectivity index (χ2n) is 7.30. The average Bonchev–Trinajstić information content (AvgIpc) is 3.20. The number of amidine groups is 1. The highest BCUT2D eigenvalue weighted by Gasteiger charge is 2.35. The number of carbonyl (C=O) groups is 1. The van der Waals surface area contributed by atoms with Crippen LogP contribution >= 0.6 is 27.3 Å². The Morgan fingerprint density at radius 1 is 1.38 bits per heavy atom. The maximum atomic E-state index is 13.8.